The molecule has 1 saturated heterocycles. The molecule has 2 heterocycles. The summed E-state index contributed by atoms with van der Waals surface area (Å²) in [5, 5.41) is 6.74. The standard InChI is InChI=1S/C18H15F3N4/c19-10-4-5-12-15(8-10)24-18(23-11-6-7-22-9-11)25-17(12)16-13(20)2-1-3-14(16)21/h1-5,8,11,22H,6-7,9H2,(H,23,24,25). The highest BCUT2D eigenvalue weighted by Crippen LogP contribution is 2.31. The SMILES string of the molecule is Fc1ccc2c(-c3c(F)cccc3F)nc(NC3CCNC3)nc2c1. The Kier molecular flexibility index (Phi) is 4.01. The van der Waals surface area contributed by atoms with E-state index in [0.29, 0.717) is 10.9 Å². The van der Waals surface area contributed by atoms with Crippen LogP contribution in [-0.4, -0.2) is 29.1 Å². The van der Waals surface area contributed by atoms with Crippen molar-refractivity contribution in [3.05, 3.63) is 53.8 Å². The molecule has 3 aromatic rings. The van der Waals surface area contributed by atoms with E-state index >= 15 is 0 Å². The molecule has 0 spiro atoms. The minimum absolute atomic E-state index is 0.106. The van der Waals surface area contributed by atoms with Crippen molar-refractivity contribution in [3.8, 4) is 11.3 Å². The van der Waals surface area contributed by atoms with Gasteiger partial charge in [-0.3, -0.25) is 0 Å². The van der Waals surface area contributed by atoms with Crippen molar-refractivity contribution in [3.63, 3.8) is 0 Å². The first-order valence-corrected chi connectivity index (χ1v) is 8.01. The van der Waals surface area contributed by atoms with Gasteiger partial charge in [0.2, 0.25) is 5.95 Å². The van der Waals surface area contributed by atoms with Crippen molar-refractivity contribution in [1.82, 2.24) is 15.3 Å². The molecule has 4 nitrogen and oxygen atoms in total. The van der Waals surface area contributed by atoms with Crippen molar-refractivity contribution >= 4 is 16.9 Å². The largest absolute Gasteiger partial charge is 0.350 e. The lowest BCUT2D eigenvalue weighted by Crippen LogP contribution is -2.23. The van der Waals surface area contributed by atoms with Crippen molar-refractivity contribution < 1.29 is 13.2 Å². The van der Waals surface area contributed by atoms with Crippen LogP contribution >= 0.6 is 0 Å². The summed E-state index contributed by atoms with van der Waals surface area (Å²) in [5.41, 5.74) is 0.157. The zero-order chi connectivity index (χ0) is 17.4. The molecule has 4 rings (SSSR count). The van der Waals surface area contributed by atoms with Gasteiger partial charge in [-0.25, -0.2) is 23.1 Å². The number of halogens is 3. The third-order valence-electron chi connectivity index (χ3n) is 4.25. The van der Waals surface area contributed by atoms with Gasteiger partial charge in [-0.15, -0.1) is 0 Å². The van der Waals surface area contributed by atoms with Gasteiger partial charge in [0.15, 0.2) is 0 Å². The number of anilines is 1. The van der Waals surface area contributed by atoms with Gasteiger partial charge in [0.1, 0.15) is 17.5 Å². The van der Waals surface area contributed by atoms with E-state index in [1.165, 1.54) is 36.4 Å². The molecule has 128 valence electrons. The highest BCUT2D eigenvalue weighted by Gasteiger charge is 2.20. The first-order chi connectivity index (χ1) is 12.1. The van der Waals surface area contributed by atoms with E-state index in [4.69, 9.17) is 0 Å². The van der Waals surface area contributed by atoms with E-state index in [1.54, 1.807) is 0 Å². The zero-order valence-electron chi connectivity index (χ0n) is 13.2. The van der Waals surface area contributed by atoms with Crippen molar-refractivity contribution in [2.24, 2.45) is 0 Å². The summed E-state index contributed by atoms with van der Waals surface area (Å²) < 4.78 is 42.2. The van der Waals surface area contributed by atoms with Gasteiger partial charge < -0.3 is 10.6 Å². The van der Waals surface area contributed by atoms with E-state index in [2.05, 4.69) is 20.6 Å². The van der Waals surface area contributed by atoms with Crippen LogP contribution in [0.2, 0.25) is 0 Å². The molecule has 0 amide bonds. The van der Waals surface area contributed by atoms with Crippen LogP contribution in [0, 0.1) is 17.5 Å². The van der Waals surface area contributed by atoms with Crippen LogP contribution in [0.3, 0.4) is 0 Å². The maximum Gasteiger partial charge on any atom is 0.224 e. The predicted molar refractivity (Wildman–Crippen MR) is 89.7 cm³/mol. The zero-order valence-corrected chi connectivity index (χ0v) is 13.2. The molecule has 2 N–H and O–H groups in total. The summed E-state index contributed by atoms with van der Waals surface area (Å²) in [6.07, 6.45) is 0.883. The summed E-state index contributed by atoms with van der Waals surface area (Å²) in [4.78, 5) is 8.64. The van der Waals surface area contributed by atoms with Crippen LogP contribution in [0.1, 0.15) is 6.42 Å². The second-order valence-corrected chi connectivity index (χ2v) is 5.99. The monoisotopic (exact) mass is 344 g/mol. The Balaban J connectivity index is 1.91. The Labute approximate surface area is 142 Å². The third kappa shape index (κ3) is 3.02. The lowest BCUT2D eigenvalue weighted by atomic mass is 10.1. The number of nitrogens with zero attached hydrogens (tertiary/aromatic N) is 2. The molecule has 1 fully saturated rings. The second-order valence-electron chi connectivity index (χ2n) is 5.99. The highest BCUT2D eigenvalue weighted by molar-refractivity contribution is 5.93. The average molecular weight is 344 g/mol. The topological polar surface area (TPSA) is 49.8 Å². The summed E-state index contributed by atoms with van der Waals surface area (Å²) in [7, 11) is 0. The van der Waals surface area contributed by atoms with Gasteiger partial charge in [-0.1, -0.05) is 6.07 Å². The fourth-order valence-electron chi connectivity index (χ4n) is 3.04. The number of rotatable bonds is 3. The fraction of sp³-hybridized carbons (Fsp3) is 0.222. The molecular weight excluding hydrogens is 329 g/mol. The molecule has 1 unspecified atom stereocenters. The summed E-state index contributed by atoms with van der Waals surface area (Å²) in [6.45, 7) is 1.61. The quantitative estimate of drug-likeness (QED) is 0.764. The molecule has 0 radical (unpaired) electrons. The number of hydrogen-bond donors (Lipinski definition) is 2. The Morgan fingerprint density at radius 1 is 1.04 bits per heavy atom. The molecular formula is C18H15F3N4. The fourth-order valence-corrected chi connectivity index (χ4v) is 3.04. The summed E-state index contributed by atoms with van der Waals surface area (Å²) in [5.74, 6) is -1.69. The smallest absolute Gasteiger partial charge is 0.224 e. The van der Waals surface area contributed by atoms with E-state index in [1.807, 2.05) is 0 Å². The highest BCUT2D eigenvalue weighted by atomic mass is 19.1. The van der Waals surface area contributed by atoms with E-state index < -0.39 is 17.5 Å². The van der Waals surface area contributed by atoms with Gasteiger partial charge in [-0.2, -0.15) is 0 Å². The number of aromatic nitrogens is 2. The molecule has 2 aromatic carbocycles. The lowest BCUT2D eigenvalue weighted by molar-refractivity contribution is 0.589. The van der Waals surface area contributed by atoms with Gasteiger partial charge in [0, 0.05) is 24.0 Å². The minimum Gasteiger partial charge on any atom is -0.350 e. The van der Waals surface area contributed by atoms with E-state index in [0.717, 1.165) is 19.5 Å². The second kappa shape index (κ2) is 6.33. The van der Waals surface area contributed by atoms with Crippen LogP contribution in [0.15, 0.2) is 36.4 Å². The maximum atomic E-state index is 14.3. The van der Waals surface area contributed by atoms with Gasteiger partial charge in [0.25, 0.3) is 0 Å². The molecule has 1 aliphatic heterocycles. The Hall–Kier alpha value is -2.67. The van der Waals surface area contributed by atoms with Crippen LogP contribution in [-0.2, 0) is 0 Å². The van der Waals surface area contributed by atoms with Crippen LogP contribution in [0.5, 0.6) is 0 Å². The molecule has 1 aromatic heterocycles. The normalized spacial score (nSPS) is 17.2. The number of fused-ring (bicyclic) bond motifs is 1. The minimum atomic E-state index is -0.724. The molecule has 1 aliphatic rings. The van der Waals surface area contributed by atoms with Crippen molar-refractivity contribution in [2.75, 3.05) is 18.4 Å². The Morgan fingerprint density at radius 3 is 2.56 bits per heavy atom. The lowest BCUT2D eigenvalue weighted by Gasteiger charge is -2.14. The van der Waals surface area contributed by atoms with Crippen molar-refractivity contribution in [2.45, 2.75) is 12.5 Å². The first kappa shape index (κ1) is 15.8. The summed E-state index contributed by atoms with van der Waals surface area (Å²) in [6, 6.07) is 7.64. The van der Waals surface area contributed by atoms with E-state index in [9.17, 15) is 13.2 Å². The summed E-state index contributed by atoms with van der Waals surface area (Å²) >= 11 is 0. The molecule has 1 atom stereocenters. The van der Waals surface area contributed by atoms with Gasteiger partial charge in [0.05, 0.1) is 16.8 Å². The third-order valence-corrected chi connectivity index (χ3v) is 4.25. The number of nitrogens with one attached hydrogen (secondary N) is 2. The van der Waals surface area contributed by atoms with Crippen LogP contribution in [0.25, 0.3) is 22.2 Å². The first-order valence-electron chi connectivity index (χ1n) is 8.01. The van der Waals surface area contributed by atoms with Gasteiger partial charge >= 0.3 is 0 Å². The molecule has 0 bridgehead atoms. The number of hydrogen-bond acceptors (Lipinski definition) is 4. The van der Waals surface area contributed by atoms with Crippen LogP contribution < -0.4 is 10.6 Å². The predicted octanol–water partition coefficient (Wildman–Crippen LogP) is 3.49. The van der Waals surface area contributed by atoms with Crippen LogP contribution in [0.4, 0.5) is 19.1 Å². The Morgan fingerprint density at radius 2 is 1.84 bits per heavy atom. The molecule has 0 aliphatic carbocycles. The van der Waals surface area contributed by atoms with Crippen molar-refractivity contribution in [1.29, 1.82) is 0 Å². The van der Waals surface area contributed by atoms with E-state index in [-0.39, 0.29) is 23.2 Å². The van der Waals surface area contributed by atoms with Gasteiger partial charge in [-0.05, 0) is 37.2 Å². The Bertz CT molecular complexity index is 919. The average Bonchev–Trinajstić information content (AvgIpc) is 3.07. The molecule has 25 heavy (non-hydrogen) atoms. The maximum absolute atomic E-state index is 14.3. The molecule has 0 saturated carbocycles. The number of benzene rings is 2. The molecule has 7 heteroatoms.